The number of nitrogen functional groups attached to an aromatic ring is 1. The molecule has 1 aromatic carbocycles. The van der Waals surface area contributed by atoms with Gasteiger partial charge < -0.3 is 11.1 Å². The molecule has 6 nitrogen and oxygen atoms in total. The second-order valence-electron chi connectivity index (χ2n) is 4.27. The summed E-state index contributed by atoms with van der Waals surface area (Å²) >= 11 is 0. The van der Waals surface area contributed by atoms with Gasteiger partial charge in [-0.05, 0) is 31.5 Å². The zero-order valence-corrected chi connectivity index (χ0v) is 10.7. The van der Waals surface area contributed by atoms with Gasteiger partial charge >= 0.3 is 0 Å². The Kier molecular flexibility index (Phi) is 3.33. The molecule has 1 heterocycles. The molecule has 0 bridgehead atoms. The van der Waals surface area contributed by atoms with Crippen molar-refractivity contribution in [2.45, 2.75) is 13.8 Å². The van der Waals surface area contributed by atoms with E-state index in [0.717, 1.165) is 5.56 Å². The van der Waals surface area contributed by atoms with E-state index < -0.39 is 4.92 Å². The lowest BCUT2D eigenvalue weighted by atomic mass is 10.2. The average molecular weight is 258 g/mol. The third-order valence-corrected chi connectivity index (χ3v) is 2.88. The molecule has 0 saturated carbocycles. The van der Waals surface area contributed by atoms with E-state index in [2.05, 4.69) is 10.3 Å². The van der Waals surface area contributed by atoms with Crippen LogP contribution in [0.4, 0.5) is 22.9 Å². The van der Waals surface area contributed by atoms with E-state index in [1.165, 1.54) is 6.07 Å². The maximum atomic E-state index is 10.9. The van der Waals surface area contributed by atoms with Gasteiger partial charge in [-0.25, -0.2) is 4.98 Å². The highest BCUT2D eigenvalue weighted by atomic mass is 16.6. The van der Waals surface area contributed by atoms with Crippen LogP contribution in [0.15, 0.2) is 30.5 Å². The van der Waals surface area contributed by atoms with Crippen LogP contribution in [-0.4, -0.2) is 9.91 Å². The molecular formula is C13H14N4O2. The summed E-state index contributed by atoms with van der Waals surface area (Å²) < 4.78 is 0. The van der Waals surface area contributed by atoms with Gasteiger partial charge in [-0.1, -0.05) is 6.07 Å². The number of rotatable bonds is 3. The number of nitrogens with one attached hydrogen (secondary N) is 1. The Morgan fingerprint density at radius 3 is 2.68 bits per heavy atom. The minimum Gasteiger partial charge on any atom is -0.396 e. The molecule has 0 radical (unpaired) electrons. The Balaban J connectivity index is 2.36. The molecule has 0 aliphatic rings. The molecule has 1 aromatic heterocycles. The van der Waals surface area contributed by atoms with Crippen LogP contribution in [0.25, 0.3) is 0 Å². The quantitative estimate of drug-likeness (QED) is 0.652. The van der Waals surface area contributed by atoms with Crippen LogP contribution in [0, 0.1) is 24.0 Å². The van der Waals surface area contributed by atoms with E-state index >= 15 is 0 Å². The number of hydrogen-bond acceptors (Lipinski definition) is 5. The normalized spacial score (nSPS) is 10.2. The van der Waals surface area contributed by atoms with Gasteiger partial charge in [-0.15, -0.1) is 0 Å². The lowest BCUT2D eigenvalue weighted by Crippen LogP contribution is -2.01. The van der Waals surface area contributed by atoms with Gasteiger partial charge in [0.05, 0.1) is 10.6 Å². The monoisotopic (exact) mass is 258 g/mol. The largest absolute Gasteiger partial charge is 0.396 e. The fourth-order valence-corrected chi connectivity index (χ4v) is 1.69. The molecule has 3 N–H and O–H groups in total. The van der Waals surface area contributed by atoms with Crippen LogP contribution >= 0.6 is 0 Å². The van der Waals surface area contributed by atoms with Gasteiger partial charge in [0.1, 0.15) is 0 Å². The highest BCUT2D eigenvalue weighted by Crippen LogP contribution is 2.27. The Bertz CT molecular complexity index is 641. The van der Waals surface area contributed by atoms with Crippen molar-refractivity contribution in [2.75, 3.05) is 11.1 Å². The SMILES string of the molecule is Cc1ccc(Nc2nccc(C)c2N)cc1[N+](=O)[O-]. The Morgan fingerprint density at radius 2 is 2.00 bits per heavy atom. The fourth-order valence-electron chi connectivity index (χ4n) is 1.69. The predicted molar refractivity (Wildman–Crippen MR) is 74.5 cm³/mol. The number of nitrogens with zero attached hydrogens (tertiary/aromatic N) is 2. The molecule has 6 heteroatoms. The minimum atomic E-state index is -0.409. The van der Waals surface area contributed by atoms with Crippen LogP contribution in [0.1, 0.15) is 11.1 Å². The van der Waals surface area contributed by atoms with Gasteiger partial charge in [-0.2, -0.15) is 0 Å². The summed E-state index contributed by atoms with van der Waals surface area (Å²) in [6.45, 7) is 3.57. The van der Waals surface area contributed by atoms with Crippen LogP contribution in [0.2, 0.25) is 0 Å². The van der Waals surface area contributed by atoms with Gasteiger partial charge in [-0.3, -0.25) is 10.1 Å². The molecule has 0 unspecified atom stereocenters. The first-order valence-electron chi connectivity index (χ1n) is 5.72. The molecule has 2 aromatic rings. The smallest absolute Gasteiger partial charge is 0.274 e. The van der Waals surface area contributed by atoms with Crippen molar-refractivity contribution >= 4 is 22.9 Å². The molecule has 0 spiro atoms. The van der Waals surface area contributed by atoms with Crippen LogP contribution in [0.3, 0.4) is 0 Å². The number of benzene rings is 1. The summed E-state index contributed by atoms with van der Waals surface area (Å²) in [5.74, 6) is 0.498. The summed E-state index contributed by atoms with van der Waals surface area (Å²) in [7, 11) is 0. The second-order valence-corrected chi connectivity index (χ2v) is 4.27. The van der Waals surface area contributed by atoms with E-state index in [-0.39, 0.29) is 5.69 Å². The average Bonchev–Trinajstić information content (AvgIpc) is 2.37. The Labute approximate surface area is 110 Å². The Hall–Kier alpha value is -2.63. The molecular weight excluding hydrogens is 244 g/mol. The lowest BCUT2D eigenvalue weighted by Gasteiger charge is -2.10. The third-order valence-electron chi connectivity index (χ3n) is 2.88. The number of hydrogen-bond donors (Lipinski definition) is 2. The number of nitro benzene ring substituents is 1. The molecule has 0 atom stereocenters. The molecule has 2 rings (SSSR count). The van der Waals surface area contributed by atoms with E-state index in [4.69, 9.17) is 5.73 Å². The van der Waals surface area contributed by atoms with Crippen molar-refractivity contribution in [3.8, 4) is 0 Å². The molecule has 0 fully saturated rings. The molecule has 0 saturated heterocycles. The topological polar surface area (TPSA) is 94.1 Å². The molecule has 0 aliphatic heterocycles. The van der Waals surface area contributed by atoms with Gasteiger partial charge in [0, 0.05) is 23.5 Å². The van der Waals surface area contributed by atoms with Crippen molar-refractivity contribution in [3.05, 3.63) is 51.7 Å². The zero-order chi connectivity index (χ0) is 14.0. The number of nitrogens with two attached hydrogens (primary N) is 1. The summed E-state index contributed by atoms with van der Waals surface area (Å²) in [6, 6.07) is 6.72. The highest BCUT2D eigenvalue weighted by Gasteiger charge is 2.12. The first-order valence-corrected chi connectivity index (χ1v) is 5.72. The van der Waals surface area contributed by atoms with Crippen molar-refractivity contribution in [3.63, 3.8) is 0 Å². The molecule has 0 aliphatic carbocycles. The first kappa shape index (κ1) is 12.8. The standard InChI is InChI=1S/C13H14N4O2/c1-8-3-4-10(7-11(8)17(18)19)16-13-12(14)9(2)5-6-15-13/h3-7H,14H2,1-2H3,(H,15,16). The number of pyridine rings is 1. The Morgan fingerprint density at radius 1 is 1.26 bits per heavy atom. The number of aryl methyl sites for hydroxylation is 2. The maximum absolute atomic E-state index is 10.9. The second kappa shape index (κ2) is 4.93. The van der Waals surface area contributed by atoms with Crippen LogP contribution < -0.4 is 11.1 Å². The molecule has 98 valence electrons. The van der Waals surface area contributed by atoms with Crippen molar-refractivity contribution in [2.24, 2.45) is 0 Å². The zero-order valence-electron chi connectivity index (χ0n) is 10.7. The van der Waals surface area contributed by atoms with Crippen molar-refractivity contribution in [1.29, 1.82) is 0 Å². The molecule has 0 amide bonds. The number of nitro groups is 1. The fraction of sp³-hybridized carbons (Fsp3) is 0.154. The van der Waals surface area contributed by atoms with E-state index in [9.17, 15) is 10.1 Å². The van der Waals surface area contributed by atoms with Gasteiger partial charge in [0.2, 0.25) is 0 Å². The van der Waals surface area contributed by atoms with Crippen molar-refractivity contribution in [1.82, 2.24) is 4.98 Å². The first-order chi connectivity index (χ1) is 8.99. The van der Waals surface area contributed by atoms with Gasteiger partial charge in [0.25, 0.3) is 5.69 Å². The van der Waals surface area contributed by atoms with E-state index in [1.54, 1.807) is 31.3 Å². The summed E-state index contributed by atoms with van der Waals surface area (Å²) in [5.41, 5.74) is 8.60. The minimum absolute atomic E-state index is 0.0659. The van der Waals surface area contributed by atoms with E-state index in [0.29, 0.717) is 22.8 Å². The van der Waals surface area contributed by atoms with E-state index in [1.807, 2.05) is 6.92 Å². The van der Waals surface area contributed by atoms with Crippen molar-refractivity contribution < 1.29 is 4.92 Å². The highest BCUT2D eigenvalue weighted by molar-refractivity contribution is 5.72. The third kappa shape index (κ3) is 2.62. The number of aromatic nitrogens is 1. The maximum Gasteiger partial charge on any atom is 0.274 e. The van der Waals surface area contributed by atoms with Crippen LogP contribution in [0.5, 0.6) is 0 Å². The van der Waals surface area contributed by atoms with Crippen LogP contribution in [-0.2, 0) is 0 Å². The predicted octanol–water partition coefficient (Wildman–Crippen LogP) is 2.93. The molecule has 19 heavy (non-hydrogen) atoms. The lowest BCUT2D eigenvalue weighted by molar-refractivity contribution is -0.385. The summed E-state index contributed by atoms with van der Waals surface area (Å²) in [5, 5.41) is 13.9. The van der Waals surface area contributed by atoms with Gasteiger partial charge in [0.15, 0.2) is 5.82 Å². The summed E-state index contributed by atoms with van der Waals surface area (Å²) in [4.78, 5) is 14.6. The number of anilines is 3. The summed E-state index contributed by atoms with van der Waals surface area (Å²) in [6.07, 6.45) is 1.64.